The van der Waals surface area contributed by atoms with Crippen LogP contribution in [0.4, 0.5) is 0 Å². The standard InChI is InChI=1S/C32H44O6Si/c1-31(2,3)39(6,7)38-24-30(36-22-21-33)23-37-32(25-11-9-8-10-12-25,26-13-17-28(34-4)18-14-26)27-15-19-29(35-5)20-16-27/h8-20,30,33H,21-24H2,1-7H3/t30-/m0/s1. The van der Waals surface area contributed by atoms with E-state index in [1.54, 1.807) is 14.2 Å². The Labute approximate surface area is 235 Å². The minimum atomic E-state index is -2.02. The Kier molecular flexibility index (Phi) is 10.8. The van der Waals surface area contributed by atoms with E-state index in [1.807, 2.05) is 66.7 Å². The average molecular weight is 553 g/mol. The molecule has 7 heteroatoms. The van der Waals surface area contributed by atoms with Crippen LogP contribution in [0.5, 0.6) is 11.5 Å². The molecule has 0 aliphatic rings. The smallest absolute Gasteiger partial charge is 0.192 e. The van der Waals surface area contributed by atoms with Crippen molar-refractivity contribution in [2.45, 2.75) is 50.6 Å². The van der Waals surface area contributed by atoms with Crippen molar-refractivity contribution >= 4 is 8.32 Å². The highest BCUT2D eigenvalue weighted by Gasteiger charge is 2.40. The van der Waals surface area contributed by atoms with Gasteiger partial charge in [-0.2, -0.15) is 0 Å². The van der Waals surface area contributed by atoms with E-state index in [9.17, 15) is 5.11 Å². The Morgan fingerprint density at radius 1 is 0.718 bits per heavy atom. The second-order valence-corrected chi connectivity index (χ2v) is 15.9. The summed E-state index contributed by atoms with van der Waals surface area (Å²) in [4.78, 5) is 0. The molecule has 0 aliphatic carbocycles. The fourth-order valence-corrected chi connectivity index (χ4v) is 5.21. The predicted molar refractivity (Wildman–Crippen MR) is 158 cm³/mol. The predicted octanol–water partition coefficient (Wildman–Crippen LogP) is 6.41. The number of aliphatic hydroxyl groups is 1. The lowest BCUT2D eigenvalue weighted by Crippen LogP contribution is -2.44. The summed E-state index contributed by atoms with van der Waals surface area (Å²) in [5, 5.41) is 9.58. The Hall–Kier alpha value is -2.68. The summed E-state index contributed by atoms with van der Waals surface area (Å²) in [6.45, 7) is 11.9. The number of ether oxygens (including phenoxy) is 4. The Morgan fingerprint density at radius 3 is 1.64 bits per heavy atom. The topological polar surface area (TPSA) is 66.4 Å². The quantitative estimate of drug-likeness (QED) is 0.184. The number of benzene rings is 3. The van der Waals surface area contributed by atoms with Crippen LogP contribution in [0.1, 0.15) is 37.5 Å². The molecule has 6 nitrogen and oxygen atoms in total. The van der Waals surface area contributed by atoms with E-state index in [0.29, 0.717) is 6.61 Å². The van der Waals surface area contributed by atoms with Crippen molar-refractivity contribution in [3.05, 3.63) is 95.6 Å². The zero-order chi connectivity index (χ0) is 28.5. The van der Waals surface area contributed by atoms with E-state index in [1.165, 1.54) is 0 Å². The molecule has 1 N–H and O–H groups in total. The van der Waals surface area contributed by atoms with Gasteiger partial charge in [0.1, 0.15) is 23.2 Å². The fraction of sp³-hybridized carbons (Fsp3) is 0.438. The molecule has 39 heavy (non-hydrogen) atoms. The minimum absolute atomic E-state index is 0.0649. The van der Waals surface area contributed by atoms with Crippen LogP contribution in [0.15, 0.2) is 78.9 Å². The van der Waals surface area contributed by atoms with Gasteiger partial charge >= 0.3 is 0 Å². The monoisotopic (exact) mass is 552 g/mol. The van der Waals surface area contributed by atoms with Gasteiger partial charge in [-0.05, 0) is 59.1 Å². The fourth-order valence-electron chi connectivity index (χ4n) is 4.17. The molecule has 0 bridgehead atoms. The number of aliphatic hydroxyl groups excluding tert-OH is 1. The van der Waals surface area contributed by atoms with E-state index in [0.717, 1.165) is 28.2 Å². The van der Waals surface area contributed by atoms with Crippen molar-refractivity contribution in [3.8, 4) is 11.5 Å². The summed E-state index contributed by atoms with van der Waals surface area (Å²) in [7, 11) is 1.29. The average Bonchev–Trinajstić information content (AvgIpc) is 2.94. The summed E-state index contributed by atoms with van der Waals surface area (Å²) in [6.07, 6.45) is -0.370. The van der Waals surface area contributed by atoms with Crippen LogP contribution < -0.4 is 9.47 Å². The van der Waals surface area contributed by atoms with E-state index in [2.05, 4.69) is 46.0 Å². The molecule has 3 aromatic rings. The highest BCUT2D eigenvalue weighted by atomic mass is 28.4. The molecule has 0 unspecified atom stereocenters. The molecule has 0 heterocycles. The van der Waals surface area contributed by atoms with Gasteiger partial charge in [0.25, 0.3) is 0 Å². The first kappa shape index (κ1) is 30.9. The number of hydrogen-bond donors (Lipinski definition) is 1. The Morgan fingerprint density at radius 2 is 1.21 bits per heavy atom. The van der Waals surface area contributed by atoms with Crippen LogP contribution in [-0.4, -0.2) is 60.2 Å². The molecule has 1 atom stereocenters. The molecule has 0 fully saturated rings. The number of hydrogen-bond acceptors (Lipinski definition) is 6. The van der Waals surface area contributed by atoms with Crippen LogP contribution in [0.3, 0.4) is 0 Å². The van der Waals surface area contributed by atoms with Gasteiger partial charge in [-0.25, -0.2) is 0 Å². The van der Waals surface area contributed by atoms with Gasteiger partial charge in [0, 0.05) is 0 Å². The van der Waals surface area contributed by atoms with E-state index in [-0.39, 0.29) is 31.0 Å². The van der Waals surface area contributed by atoms with Crippen LogP contribution in [0.25, 0.3) is 0 Å². The van der Waals surface area contributed by atoms with Crippen LogP contribution in [0.2, 0.25) is 18.1 Å². The van der Waals surface area contributed by atoms with Gasteiger partial charge < -0.3 is 28.5 Å². The Bertz CT molecular complexity index is 1080. The van der Waals surface area contributed by atoms with Crippen LogP contribution in [0, 0.1) is 0 Å². The molecule has 0 spiro atoms. The normalized spacial score (nSPS) is 13.2. The van der Waals surface area contributed by atoms with Crippen molar-refractivity contribution < 1.29 is 28.5 Å². The third-order valence-electron chi connectivity index (χ3n) is 7.54. The van der Waals surface area contributed by atoms with Gasteiger partial charge in [-0.1, -0.05) is 75.4 Å². The highest BCUT2D eigenvalue weighted by molar-refractivity contribution is 6.74. The van der Waals surface area contributed by atoms with Crippen molar-refractivity contribution in [2.75, 3.05) is 40.6 Å². The minimum Gasteiger partial charge on any atom is -0.497 e. The van der Waals surface area contributed by atoms with Gasteiger partial charge in [0.05, 0.1) is 40.6 Å². The molecule has 0 aliphatic heterocycles. The summed E-state index contributed by atoms with van der Waals surface area (Å²) in [5.74, 6) is 1.53. The summed E-state index contributed by atoms with van der Waals surface area (Å²) in [5.41, 5.74) is 1.93. The third kappa shape index (κ3) is 7.50. The largest absolute Gasteiger partial charge is 0.497 e. The van der Waals surface area contributed by atoms with Crippen molar-refractivity contribution in [1.82, 2.24) is 0 Å². The van der Waals surface area contributed by atoms with Crippen molar-refractivity contribution in [3.63, 3.8) is 0 Å². The summed E-state index contributed by atoms with van der Waals surface area (Å²) >= 11 is 0. The second-order valence-electron chi connectivity index (χ2n) is 11.1. The molecule has 0 saturated carbocycles. The maximum atomic E-state index is 9.51. The Balaban J connectivity index is 2.07. The molecule has 3 rings (SSSR count). The lowest BCUT2D eigenvalue weighted by Gasteiger charge is -2.39. The molecule has 0 aromatic heterocycles. The van der Waals surface area contributed by atoms with Gasteiger partial charge in [-0.3, -0.25) is 0 Å². The van der Waals surface area contributed by atoms with Gasteiger partial charge in [-0.15, -0.1) is 0 Å². The SMILES string of the molecule is COc1ccc(C(OC[C@@H](CO[Si](C)(C)C(C)(C)C)OCCO)(c2ccccc2)c2ccc(OC)cc2)cc1. The van der Waals surface area contributed by atoms with Crippen LogP contribution >= 0.6 is 0 Å². The van der Waals surface area contributed by atoms with Crippen molar-refractivity contribution in [2.24, 2.45) is 0 Å². The highest BCUT2D eigenvalue weighted by Crippen LogP contribution is 2.42. The molecule has 212 valence electrons. The molecule has 0 radical (unpaired) electrons. The first-order valence-corrected chi connectivity index (χ1v) is 16.3. The third-order valence-corrected chi connectivity index (χ3v) is 12.0. The molecule has 3 aromatic carbocycles. The first-order chi connectivity index (χ1) is 18.6. The molecule has 0 amide bonds. The van der Waals surface area contributed by atoms with E-state index < -0.39 is 13.9 Å². The molecular weight excluding hydrogens is 508 g/mol. The second kappa shape index (κ2) is 13.6. The zero-order valence-electron chi connectivity index (χ0n) is 24.4. The van der Waals surface area contributed by atoms with Crippen molar-refractivity contribution in [1.29, 1.82) is 0 Å². The van der Waals surface area contributed by atoms with Gasteiger partial charge in [0.15, 0.2) is 8.32 Å². The maximum absolute atomic E-state index is 9.51. The van der Waals surface area contributed by atoms with Gasteiger partial charge in [0.2, 0.25) is 0 Å². The maximum Gasteiger partial charge on any atom is 0.192 e. The zero-order valence-corrected chi connectivity index (χ0v) is 25.4. The van der Waals surface area contributed by atoms with E-state index in [4.69, 9.17) is 23.4 Å². The summed E-state index contributed by atoms with van der Waals surface area (Å²) < 4.78 is 30.5. The lowest BCUT2D eigenvalue weighted by molar-refractivity contribution is -0.0839. The molecular formula is C32H44O6Si. The molecule has 0 saturated heterocycles. The number of methoxy groups -OCH3 is 2. The number of rotatable bonds is 14. The first-order valence-electron chi connectivity index (χ1n) is 13.4. The van der Waals surface area contributed by atoms with Crippen LogP contribution in [-0.2, 0) is 19.5 Å². The lowest BCUT2D eigenvalue weighted by atomic mass is 9.80. The van der Waals surface area contributed by atoms with E-state index >= 15 is 0 Å². The summed E-state index contributed by atoms with van der Waals surface area (Å²) in [6, 6.07) is 26.1.